The summed E-state index contributed by atoms with van der Waals surface area (Å²) in [6, 6.07) is 89.9. The molecule has 4 heteroatoms. The van der Waals surface area contributed by atoms with E-state index in [-0.39, 0.29) is 21.7 Å². The maximum absolute atomic E-state index is 5.45. The minimum atomic E-state index is -0.146. The van der Waals surface area contributed by atoms with E-state index in [4.69, 9.17) is 19.9 Å². The van der Waals surface area contributed by atoms with Gasteiger partial charge in [-0.05, 0) is 171 Å². The molecule has 0 atom stereocenters. The molecule has 0 bridgehead atoms. The van der Waals surface area contributed by atoms with E-state index >= 15 is 0 Å². The third-order valence-corrected chi connectivity index (χ3v) is 22.1. The Labute approximate surface area is 551 Å². The summed E-state index contributed by atoms with van der Waals surface area (Å²) < 4.78 is 0. The standard InChI is InChI=1S/C90H70N4/c1-87(2)73-27-13-9-19-65(73)69-43-39-57(47-77(69)87)81-51-82(58-40-44-70-66-20-10-14-28-74(66)88(3,4)78(70)48-58)92-85(91-81)55-35-31-53(32-36-55)61-23-17-26-64-62(24-18-25-63(61)64)54-33-37-56(38-34-54)86-93-83(59-41-45-71-67-21-11-15-29-75(67)89(5,6)79(71)49-59)52-84(94-86)60-42-46-72-68-22-12-16-30-76(68)90(7,8)80(72)50-60/h9-11,13-21,23-52H,12,22H2,1-8H3. The van der Waals surface area contributed by atoms with E-state index in [1.165, 1.54) is 111 Å². The predicted molar refractivity (Wildman–Crippen MR) is 390 cm³/mol. The fourth-order valence-corrected chi connectivity index (χ4v) is 16.9. The fraction of sp³-hybridized carbons (Fsp3) is 0.156. The molecule has 5 aliphatic rings. The monoisotopic (exact) mass is 1210 g/mol. The zero-order valence-corrected chi connectivity index (χ0v) is 54.5. The Morgan fingerprint density at radius 2 is 0.564 bits per heavy atom. The van der Waals surface area contributed by atoms with Gasteiger partial charge in [-0.1, -0.05) is 274 Å². The van der Waals surface area contributed by atoms with Crippen molar-refractivity contribution in [3.05, 3.63) is 305 Å². The van der Waals surface area contributed by atoms with Gasteiger partial charge in [0, 0.05) is 55.0 Å². The lowest BCUT2D eigenvalue weighted by Gasteiger charge is -2.24. The molecule has 0 saturated heterocycles. The Bertz CT molecular complexity index is 5350. The van der Waals surface area contributed by atoms with Crippen LogP contribution < -0.4 is 0 Å². The first kappa shape index (κ1) is 56.1. The number of aromatic nitrogens is 4. The molecule has 0 unspecified atom stereocenters. The maximum atomic E-state index is 5.45. The second-order valence-electron chi connectivity index (χ2n) is 28.8. The van der Waals surface area contributed by atoms with Crippen LogP contribution in [0.3, 0.4) is 0 Å². The quantitative estimate of drug-likeness (QED) is 0.152. The molecule has 4 nitrogen and oxygen atoms in total. The Balaban J connectivity index is 0.692. The highest BCUT2D eigenvalue weighted by atomic mass is 14.9. The maximum Gasteiger partial charge on any atom is 0.160 e. The number of allylic oxidation sites excluding steroid dienone is 4. The number of rotatable bonds is 8. The van der Waals surface area contributed by atoms with E-state index < -0.39 is 0 Å². The first-order valence-electron chi connectivity index (χ1n) is 33.4. The van der Waals surface area contributed by atoms with Gasteiger partial charge in [-0.3, -0.25) is 0 Å². The average Bonchev–Trinajstić information content (AvgIpc) is 1.52. The molecule has 0 fully saturated rings. The smallest absolute Gasteiger partial charge is 0.160 e. The van der Waals surface area contributed by atoms with Gasteiger partial charge < -0.3 is 0 Å². The first-order valence-corrected chi connectivity index (χ1v) is 33.4. The molecule has 0 N–H and O–H groups in total. The van der Waals surface area contributed by atoms with Gasteiger partial charge >= 0.3 is 0 Å². The van der Waals surface area contributed by atoms with Crippen LogP contribution in [0.15, 0.2) is 260 Å². The fourth-order valence-electron chi connectivity index (χ4n) is 16.9. The van der Waals surface area contributed by atoms with Gasteiger partial charge in [-0.25, -0.2) is 19.9 Å². The lowest BCUT2D eigenvalue weighted by molar-refractivity contribution is 0.651. The molecule has 2 heterocycles. The van der Waals surface area contributed by atoms with Gasteiger partial charge in [0.05, 0.1) is 22.8 Å². The van der Waals surface area contributed by atoms with Gasteiger partial charge in [-0.15, -0.1) is 0 Å². The van der Waals surface area contributed by atoms with Crippen molar-refractivity contribution in [2.75, 3.05) is 0 Å². The van der Waals surface area contributed by atoms with Crippen molar-refractivity contribution in [2.24, 2.45) is 0 Å². The number of hydrogen-bond donors (Lipinski definition) is 0. The molecule has 94 heavy (non-hydrogen) atoms. The lowest BCUT2D eigenvalue weighted by atomic mass is 9.79. The van der Waals surface area contributed by atoms with Crippen LogP contribution in [0.2, 0.25) is 0 Å². The molecule has 450 valence electrons. The highest BCUT2D eigenvalue weighted by Gasteiger charge is 2.40. The van der Waals surface area contributed by atoms with Crippen molar-refractivity contribution >= 4 is 16.3 Å². The highest BCUT2D eigenvalue weighted by Crippen LogP contribution is 2.55. The average molecular weight is 1210 g/mol. The number of benzene rings is 11. The van der Waals surface area contributed by atoms with E-state index in [0.717, 1.165) is 80.1 Å². The summed E-state index contributed by atoms with van der Waals surface area (Å²) in [5.74, 6) is 1.40. The zero-order chi connectivity index (χ0) is 63.6. The molecule has 18 rings (SSSR count). The summed E-state index contributed by atoms with van der Waals surface area (Å²) in [5, 5.41) is 2.37. The van der Waals surface area contributed by atoms with Crippen molar-refractivity contribution in [3.63, 3.8) is 0 Å². The van der Waals surface area contributed by atoms with Crippen molar-refractivity contribution in [2.45, 2.75) is 89.9 Å². The van der Waals surface area contributed by atoms with E-state index in [1.54, 1.807) is 0 Å². The molecule has 13 aromatic rings. The number of hydrogen-bond acceptors (Lipinski definition) is 4. The third kappa shape index (κ3) is 8.44. The van der Waals surface area contributed by atoms with Crippen molar-refractivity contribution < 1.29 is 0 Å². The van der Waals surface area contributed by atoms with Gasteiger partial charge in [0.1, 0.15) is 0 Å². The van der Waals surface area contributed by atoms with E-state index in [0.29, 0.717) is 11.6 Å². The molecule has 0 amide bonds. The molecule has 0 spiro atoms. The van der Waals surface area contributed by atoms with Crippen LogP contribution in [0, 0.1) is 0 Å². The minimum absolute atomic E-state index is 0.0961. The number of nitrogens with zero attached hydrogens (tertiary/aromatic N) is 4. The summed E-state index contributed by atoms with van der Waals surface area (Å²) in [6.07, 6.45) is 6.87. The van der Waals surface area contributed by atoms with Gasteiger partial charge in [0.15, 0.2) is 11.6 Å². The summed E-state index contributed by atoms with van der Waals surface area (Å²) in [6.45, 7) is 18.8. The topological polar surface area (TPSA) is 51.6 Å². The van der Waals surface area contributed by atoms with Crippen LogP contribution in [0.25, 0.3) is 140 Å². The van der Waals surface area contributed by atoms with Crippen LogP contribution >= 0.6 is 0 Å². The molecular formula is C90H70N4. The second kappa shape index (κ2) is 20.4. The molecule has 0 aliphatic heterocycles. The summed E-state index contributed by atoms with van der Waals surface area (Å²) in [7, 11) is 0. The van der Waals surface area contributed by atoms with Crippen LogP contribution in [-0.4, -0.2) is 19.9 Å². The SMILES string of the molecule is CC1(C)C2=C(CCC=C2)c2ccc(-c3cc(-c4ccc5c(c4)C(C)(C)c4ccccc4-5)nc(-c4ccc(-c5cccc6c(-c7ccc(-c8nc(-c9ccc%10c(c9)C(C)(C)c9ccccc9-%10)cc(-c9ccc%10c(c9)C(C)(C)c9ccccc9-%10)n8)cc7)cccc56)cc4)n3)cc21. The summed E-state index contributed by atoms with van der Waals surface area (Å²) in [5.41, 5.74) is 35.5. The van der Waals surface area contributed by atoms with Gasteiger partial charge in [0.2, 0.25) is 0 Å². The zero-order valence-electron chi connectivity index (χ0n) is 54.5. The Morgan fingerprint density at radius 3 is 0.947 bits per heavy atom. The molecule has 0 radical (unpaired) electrons. The first-order chi connectivity index (χ1) is 45.6. The molecular weight excluding hydrogens is 1140 g/mol. The summed E-state index contributed by atoms with van der Waals surface area (Å²) >= 11 is 0. The molecule has 5 aliphatic carbocycles. The Morgan fingerprint density at radius 1 is 0.255 bits per heavy atom. The normalized spacial score (nSPS) is 15.8. The Hall–Kier alpha value is -10.7. The van der Waals surface area contributed by atoms with Crippen molar-refractivity contribution in [1.29, 1.82) is 0 Å². The second-order valence-corrected chi connectivity index (χ2v) is 28.8. The van der Waals surface area contributed by atoms with Crippen LogP contribution in [0.4, 0.5) is 0 Å². The summed E-state index contributed by atoms with van der Waals surface area (Å²) in [4.78, 5) is 21.8. The Kier molecular flexibility index (Phi) is 12.2. The van der Waals surface area contributed by atoms with E-state index in [1.807, 2.05) is 0 Å². The van der Waals surface area contributed by atoms with E-state index in [2.05, 4.69) is 310 Å². The molecule has 11 aromatic carbocycles. The molecule has 2 aromatic heterocycles. The molecule has 0 saturated carbocycles. The largest absolute Gasteiger partial charge is 0.228 e. The van der Waals surface area contributed by atoms with E-state index in [9.17, 15) is 0 Å². The van der Waals surface area contributed by atoms with Crippen LogP contribution in [-0.2, 0) is 21.7 Å². The lowest BCUT2D eigenvalue weighted by Crippen LogP contribution is -2.16. The van der Waals surface area contributed by atoms with Gasteiger partial charge in [0.25, 0.3) is 0 Å². The van der Waals surface area contributed by atoms with Crippen LogP contribution in [0.5, 0.6) is 0 Å². The minimum Gasteiger partial charge on any atom is -0.228 e. The predicted octanol–water partition coefficient (Wildman–Crippen LogP) is 23.1. The number of fused-ring (bicyclic) bond motifs is 12. The van der Waals surface area contributed by atoms with Crippen molar-refractivity contribution in [3.8, 4) is 123 Å². The highest BCUT2D eigenvalue weighted by molar-refractivity contribution is 6.05. The van der Waals surface area contributed by atoms with Crippen LogP contribution in [0.1, 0.15) is 113 Å². The van der Waals surface area contributed by atoms with Crippen molar-refractivity contribution in [1.82, 2.24) is 19.9 Å². The third-order valence-electron chi connectivity index (χ3n) is 22.1. The van der Waals surface area contributed by atoms with Gasteiger partial charge in [-0.2, -0.15) is 0 Å².